The van der Waals surface area contributed by atoms with E-state index in [1.54, 1.807) is 0 Å². The number of amides is 1. The summed E-state index contributed by atoms with van der Waals surface area (Å²) in [5, 5.41) is 9.36. The molecule has 0 radical (unpaired) electrons. The Morgan fingerprint density at radius 2 is 2.10 bits per heavy atom. The third-order valence-corrected chi connectivity index (χ3v) is 5.26. The quantitative estimate of drug-likeness (QED) is 0.767. The summed E-state index contributed by atoms with van der Waals surface area (Å²) in [6.07, 6.45) is 3.17. The average molecular weight is 282 g/mol. The van der Waals surface area contributed by atoms with Crippen LogP contribution in [-0.4, -0.2) is 53.4 Å². The van der Waals surface area contributed by atoms with E-state index in [0.29, 0.717) is 24.9 Å². The third kappa shape index (κ3) is 2.36. The second-order valence-electron chi connectivity index (χ2n) is 7.34. The lowest BCUT2D eigenvalue weighted by Gasteiger charge is -2.44. The first-order valence-corrected chi connectivity index (χ1v) is 7.74. The molecule has 5 unspecified atom stereocenters. The third-order valence-electron chi connectivity index (χ3n) is 5.26. The molecule has 3 rings (SSSR count). The van der Waals surface area contributed by atoms with Gasteiger partial charge < -0.3 is 20.5 Å². The van der Waals surface area contributed by atoms with Gasteiger partial charge in [-0.05, 0) is 44.9 Å². The van der Waals surface area contributed by atoms with E-state index in [2.05, 4.69) is 0 Å². The van der Waals surface area contributed by atoms with Gasteiger partial charge in [0.05, 0.1) is 24.2 Å². The minimum Gasteiger partial charge on any atom is -0.394 e. The maximum atomic E-state index is 12.9. The lowest BCUT2D eigenvalue weighted by Crippen LogP contribution is -2.58. The highest BCUT2D eigenvalue weighted by atomic mass is 16.5. The molecule has 2 saturated carbocycles. The smallest absolute Gasteiger partial charge is 0.227 e. The number of nitrogens with two attached hydrogens (primary N) is 1. The molecule has 0 spiro atoms. The Bertz CT molecular complexity index is 397. The molecule has 5 nitrogen and oxygen atoms in total. The highest BCUT2D eigenvalue weighted by Gasteiger charge is 2.51. The zero-order valence-electron chi connectivity index (χ0n) is 12.4. The van der Waals surface area contributed by atoms with Gasteiger partial charge in [-0.3, -0.25) is 4.79 Å². The molecule has 2 aliphatic carbocycles. The number of fused-ring (bicyclic) bond motifs is 2. The first-order valence-electron chi connectivity index (χ1n) is 7.74. The van der Waals surface area contributed by atoms with Gasteiger partial charge in [-0.1, -0.05) is 0 Å². The molecule has 3 N–H and O–H groups in total. The summed E-state index contributed by atoms with van der Waals surface area (Å²) >= 11 is 0. The number of morpholine rings is 1. The molecule has 114 valence electrons. The predicted octanol–water partition coefficient (Wildman–Crippen LogP) is 0.358. The molecule has 20 heavy (non-hydrogen) atoms. The summed E-state index contributed by atoms with van der Waals surface area (Å²) in [7, 11) is 0. The number of aliphatic hydroxyl groups excluding tert-OH is 1. The van der Waals surface area contributed by atoms with Crippen molar-refractivity contribution in [3.05, 3.63) is 0 Å². The van der Waals surface area contributed by atoms with E-state index in [9.17, 15) is 9.90 Å². The zero-order chi connectivity index (χ0) is 14.5. The van der Waals surface area contributed by atoms with Crippen molar-refractivity contribution in [3.8, 4) is 0 Å². The second kappa shape index (κ2) is 4.97. The number of nitrogens with zero attached hydrogens (tertiary/aromatic N) is 1. The van der Waals surface area contributed by atoms with Gasteiger partial charge in [-0.15, -0.1) is 0 Å². The fourth-order valence-electron chi connectivity index (χ4n) is 4.47. The summed E-state index contributed by atoms with van der Waals surface area (Å²) < 4.78 is 5.78. The van der Waals surface area contributed by atoms with Crippen LogP contribution in [0.2, 0.25) is 0 Å². The molecule has 2 bridgehead atoms. The Kier molecular flexibility index (Phi) is 3.55. The van der Waals surface area contributed by atoms with Gasteiger partial charge in [0.2, 0.25) is 5.91 Å². The van der Waals surface area contributed by atoms with E-state index in [4.69, 9.17) is 10.5 Å². The standard InChI is InChI=1S/C15H26N2O3/c1-15(2)8-17(6-11(7-18)20-15)14(19)12-9-3-4-10(5-9)13(12)16/h9-13,18H,3-8,16H2,1-2H3. The van der Waals surface area contributed by atoms with Gasteiger partial charge in [0.1, 0.15) is 0 Å². The summed E-state index contributed by atoms with van der Waals surface area (Å²) in [6.45, 7) is 4.96. The predicted molar refractivity (Wildman–Crippen MR) is 74.9 cm³/mol. The molecule has 0 aromatic carbocycles. The number of carbonyl (C=O) groups excluding carboxylic acids is 1. The number of ether oxygens (including phenoxy) is 1. The Morgan fingerprint density at radius 3 is 2.70 bits per heavy atom. The van der Waals surface area contributed by atoms with Crippen LogP contribution in [0.5, 0.6) is 0 Å². The summed E-state index contributed by atoms with van der Waals surface area (Å²) in [5.74, 6) is 1.18. The molecule has 1 heterocycles. The summed E-state index contributed by atoms with van der Waals surface area (Å²) in [4.78, 5) is 14.7. The van der Waals surface area contributed by atoms with Crippen molar-refractivity contribution >= 4 is 5.91 Å². The molecule has 3 fully saturated rings. The normalized spacial score (nSPS) is 43.0. The van der Waals surface area contributed by atoms with Crippen LogP contribution >= 0.6 is 0 Å². The van der Waals surface area contributed by atoms with Gasteiger partial charge in [0.25, 0.3) is 0 Å². The fourth-order valence-corrected chi connectivity index (χ4v) is 4.47. The average Bonchev–Trinajstić information content (AvgIpc) is 2.96. The lowest BCUT2D eigenvalue weighted by molar-refractivity contribution is -0.171. The van der Waals surface area contributed by atoms with E-state index < -0.39 is 5.60 Å². The van der Waals surface area contributed by atoms with E-state index in [1.165, 1.54) is 6.42 Å². The molecule has 0 aromatic rings. The Balaban J connectivity index is 1.73. The zero-order valence-corrected chi connectivity index (χ0v) is 12.4. The number of hydrogen-bond acceptors (Lipinski definition) is 4. The lowest BCUT2D eigenvalue weighted by atomic mass is 9.83. The maximum Gasteiger partial charge on any atom is 0.227 e. The SMILES string of the molecule is CC1(C)CN(C(=O)C2C3CCC(C3)C2N)CC(CO)O1. The summed E-state index contributed by atoms with van der Waals surface area (Å²) in [5.41, 5.74) is 5.88. The highest BCUT2D eigenvalue weighted by molar-refractivity contribution is 5.81. The molecular formula is C15H26N2O3. The number of aliphatic hydroxyl groups is 1. The molecule has 1 aliphatic heterocycles. The van der Waals surface area contributed by atoms with E-state index >= 15 is 0 Å². The van der Waals surface area contributed by atoms with Crippen LogP contribution in [0.15, 0.2) is 0 Å². The van der Waals surface area contributed by atoms with Crippen molar-refractivity contribution in [1.29, 1.82) is 0 Å². The van der Waals surface area contributed by atoms with Crippen molar-refractivity contribution in [2.75, 3.05) is 19.7 Å². The van der Waals surface area contributed by atoms with Crippen molar-refractivity contribution < 1.29 is 14.6 Å². The second-order valence-corrected chi connectivity index (χ2v) is 7.34. The van der Waals surface area contributed by atoms with Crippen LogP contribution in [0.25, 0.3) is 0 Å². The minimum atomic E-state index is -0.400. The van der Waals surface area contributed by atoms with Gasteiger partial charge in [-0.2, -0.15) is 0 Å². The van der Waals surface area contributed by atoms with Crippen LogP contribution in [0.1, 0.15) is 33.1 Å². The number of hydrogen-bond donors (Lipinski definition) is 2. The van der Waals surface area contributed by atoms with Gasteiger partial charge in [0.15, 0.2) is 0 Å². The van der Waals surface area contributed by atoms with Crippen molar-refractivity contribution in [1.82, 2.24) is 4.90 Å². The first-order chi connectivity index (χ1) is 9.41. The Labute approximate surface area is 120 Å². The van der Waals surface area contributed by atoms with Gasteiger partial charge in [0, 0.05) is 19.1 Å². The van der Waals surface area contributed by atoms with Crippen LogP contribution in [0, 0.1) is 17.8 Å². The maximum absolute atomic E-state index is 12.9. The van der Waals surface area contributed by atoms with Gasteiger partial charge in [-0.25, -0.2) is 0 Å². The van der Waals surface area contributed by atoms with E-state index in [0.717, 1.165) is 12.8 Å². The van der Waals surface area contributed by atoms with E-state index in [1.807, 2.05) is 18.7 Å². The molecular weight excluding hydrogens is 256 g/mol. The number of rotatable bonds is 2. The Morgan fingerprint density at radius 1 is 1.40 bits per heavy atom. The minimum absolute atomic E-state index is 0.0120. The monoisotopic (exact) mass is 282 g/mol. The molecule has 0 aromatic heterocycles. The highest BCUT2D eigenvalue weighted by Crippen LogP contribution is 2.48. The summed E-state index contributed by atoms with van der Waals surface area (Å²) in [6, 6.07) is 0.0276. The van der Waals surface area contributed by atoms with Gasteiger partial charge >= 0.3 is 0 Å². The van der Waals surface area contributed by atoms with Crippen LogP contribution in [0.3, 0.4) is 0 Å². The van der Waals surface area contributed by atoms with Crippen LogP contribution in [0.4, 0.5) is 0 Å². The fraction of sp³-hybridized carbons (Fsp3) is 0.933. The molecule has 3 aliphatic rings. The molecule has 5 atom stereocenters. The van der Waals surface area contributed by atoms with Crippen molar-refractivity contribution in [2.45, 2.75) is 50.9 Å². The Hall–Kier alpha value is -0.650. The van der Waals surface area contributed by atoms with Crippen molar-refractivity contribution in [2.24, 2.45) is 23.5 Å². The van der Waals surface area contributed by atoms with Crippen LogP contribution < -0.4 is 5.73 Å². The first kappa shape index (κ1) is 14.3. The molecule has 1 saturated heterocycles. The van der Waals surface area contributed by atoms with Crippen LogP contribution in [-0.2, 0) is 9.53 Å². The van der Waals surface area contributed by atoms with Crippen molar-refractivity contribution in [3.63, 3.8) is 0 Å². The largest absolute Gasteiger partial charge is 0.394 e. The van der Waals surface area contributed by atoms with E-state index in [-0.39, 0.29) is 30.6 Å². The number of carbonyl (C=O) groups is 1. The topological polar surface area (TPSA) is 75.8 Å². The molecule has 1 amide bonds. The molecule has 5 heteroatoms.